The lowest BCUT2D eigenvalue weighted by Crippen LogP contribution is -2.27. The van der Waals surface area contributed by atoms with Crippen LogP contribution in [0, 0.1) is 18.2 Å². The third-order valence-electron chi connectivity index (χ3n) is 1.99. The van der Waals surface area contributed by atoms with Gasteiger partial charge in [0.2, 0.25) is 10.0 Å². The molecule has 0 amide bonds. The molecular weight excluding hydrogens is 231 g/mol. The van der Waals surface area contributed by atoms with Crippen LogP contribution in [0.4, 0.5) is 10.1 Å². The first-order chi connectivity index (χ1) is 7.39. The van der Waals surface area contributed by atoms with Crippen molar-refractivity contribution in [1.29, 1.82) is 0 Å². The third kappa shape index (κ3) is 2.32. The van der Waals surface area contributed by atoms with E-state index in [2.05, 4.69) is 5.92 Å². The highest BCUT2D eigenvalue weighted by atomic mass is 32.2. The minimum absolute atomic E-state index is 0.0751. The minimum atomic E-state index is -3.75. The molecule has 0 saturated heterocycles. The first kappa shape index (κ1) is 12.5. The van der Waals surface area contributed by atoms with Crippen LogP contribution in [0.3, 0.4) is 0 Å². The van der Waals surface area contributed by atoms with E-state index in [1.54, 1.807) is 0 Å². The van der Waals surface area contributed by atoms with Gasteiger partial charge in [-0.3, -0.25) is 0 Å². The number of anilines is 1. The summed E-state index contributed by atoms with van der Waals surface area (Å²) in [5.74, 6) is 1.43. The highest BCUT2D eigenvalue weighted by Gasteiger charge is 2.20. The standard InChI is InChI=1S/C10H11FN2O2S/c1-3-6-13(2)16(14,15)8-4-5-10(12)9(11)7-8/h1,4-5,7H,6,12H2,2H3. The lowest BCUT2D eigenvalue weighted by atomic mass is 10.3. The first-order valence-corrected chi connectivity index (χ1v) is 5.78. The fourth-order valence-corrected chi connectivity index (χ4v) is 2.16. The summed E-state index contributed by atoms with van der Waals surface area (Å²) in [5, 5.41) is 0. The van der Waals surface area contributed by atoms with Crippen molar-refractivity contribution in [2.24, 2.45) is 0 Å². The van der Waals surface area contributed by atoms with Crippen LogP contribution in [-0.2, 0) is 10.0 Å². The minimum Gasteiger partial charge on any atom is -0.396 e. The Labute approximate surface area is 93.9 Å². The Morgan fingerprint density at radius 1 is 1.56 bits per heavy atom. The van der Waals surface area contributed by atoms with Crippen LogP contribution in [0.5, 0.6) is 0 Å². The number of sulfonamides is 1. The van der Waals surface area contributed by atoms with Gasteiger partial charge in [-0.2, -0.15) is 4.31 Å². The van der Waals surface area contributed by atoms with Gasteiger partial charge in [-0.15, -0.1) is 6.42 Å². The summed E-state index contributed by atoms with van der Waals surface area (Å²) in [7, 11) is -2.42. The molecule has 0 radical (unpaired) electrons. The Bertz CT molecular complexity index is 534. The maximum atomic E-state index is 13.1. The lowest BCUT2D eigenvalue weighted by Gasteiger charge is -2.14. The number of nitrogens with zero attached hydrogens (tertiary/aromatic N) is 1. The molecule has 0 fully saturated rings. The SMILES string of the molecule is C#CCN(C)S(=O)(=O)c1ccc(N)c(F)c1. The van der Waals surface area contributed by atoms with E-state index in [9.17, 15) is 12.8 Å². The predicted octanol–water partition coefficient (Wildman–Crippen LogP) is 0.662. The molecule has 0 bridgehead atoms. The monoisotopic (exact) mass is 242 g/mol. The van der Waals surface area contributed by atoms with Crippen LogP contribution in [0.1, 0.15) is 0 Å². The van der Waals surface area contributed by atoms with Crippen molar-refractivity contribution < 1.29 is 12.8 Å². The van der Waals surface area contributed by atoms with Crippen molar-refractivity contribution in [3.8, 4) is 12.3 Å². The molecule has 4 nitrogen and oxygen atoms in total. The topological polar surface area (TPSA) is 63.4 Å². The van der Waals surface area contributed by atoms with Gasteiger partial charge in [0.05, 0.1) is 17.1 Å². The summed E-state index contributed by atoms with van der Waals surface area (Å²) in [6.45, 7) is -0.0751. The Morgan fingerprint density at radius 3 is 2.69 bits per heavy atom. The van der Waals surface area contributed by atoms with Gasteiger partial charge in [0, 0.05) is 7.05 Å². The normalized spacial score (nSPS) is 11.4. The second-order valence-corrected chi connectivity index (χ2v) is 5.19. The molecule has 16 heavy (non-hydrogen) atoms. The van der Waals surface area contributed by atoms with Crippen LogP contribution < -0.4 is 5.73 Å². The first-order valence-electron chi connectivity index (χ1n) is 4.34. The van der Waals surface area contributed by atoms with E-state index in [0.717, 1.165) is 10.4 Å². The summed E-state index contributed by atoms with van der Waals surface area (Å²) < 4.78 is 37.7. The number of nitrogens with two attached hydrogens (primary N) is 1. The molecule has 0 aromatic heterocycles. The molecule has 0 unspecified atom stereocenters. The third-order valence-corrected chi connectivity index (χ3v) is 3.79. The molecule has 0 aliphatic rings. The molecule has 86 valence electrons. The molecule has 0 spiro atoms. The summed E-state index contributed by atoms with van der Waals surface area (Å²) in [6, 6.07) is 3.31. The van der Waals surface area contributed by atoms with E-state index in [1.165, 1.54) is 19.2 Å². The fraction of sp³-hybridized carbons (Fsp3) is 0.200. The number of terminal acetylenes is 1. The number of hydrogen-bond donors (Lipinski definition) is 1. The number of rotatable bonds is 3. The summed E-state index contributed by atoms with van der Waals surface area (Å²) in [5.41, 5.74) is 5.15. The van der Waals surface area contributed by atoms with Gasteiger partial charge >= 0.3 is 0 Å². The van der Waals surface area contributed by atoms with Gasteiger partial charge in [-0.05, 0) is 18.2 Å². The zero-order chi connectivity index (χ0) is 12.3. The van der Waals surface area contributed by atoms with E-state index in [1.807, 2.05) is 0 Å². The highest BCUT2D eigenvalue weighted by molar-refractivity contribution is 7.89. The fourth-order valence-electron chi connectivity index (χ4n) is 1.06. The largest absolute Gasteiger partial charge is 0.396 e. The second-order valence-electron chi connectivity index (χ2n) is 3.15. The quantitative estimate of drug-likeness (QED) is 0.625. The zero-order valence-electron chi connectivity index (χ0n) is 8.64. The number of hydrogen-bond acceptors (Lipinski definition) is 3. The van der Waals surface area contributed by atoms with Crippen molar-refractivity contribution >= 4 is 15.7 Å². The van der Waals surface area contributed by atoms with Crippen molar-refractivity contribution in [3.63, 3.8) is 0 Å². The van der Waals surface area contributed by atoms with Gasteiger partial charge in [0.25, 0.3) is 0 Å². The van der Waals surface area contributed by atoms with Crippen LogP contribution in [0.25, 0.3) is 0 Å². The van der Waals surface area contributed by atoms with Gasteiger partial charge in [-0.1, -0.05) is 5.92 Å². The number of benzene rings is 1. The van der Waals surface area contributed by atoms with E-state index >= 15 is 0 Å². The van der Waals surface area contributed by atoms with Gasteiger partial charge < -0.3 is 5.73 Å². The van der Waals surface area contributed by atoms with E-state index in [-0.39, 0.29) is 17.1 Å². The average molecular weight is 242 g/mol. The summed E-state index contributed by atoms with van der Waals surface area (Å²) >= 11 is 0. The summed E-state index contributed by atoms with van der Waals surface area (Å²) in [6.07, 6.45) is 5.01. The molecule has 0 aliphatic heterocycles. The van der Waals surface area contributed by atoms with Crippen LogP contribution >= 0.6 is 0 Å². The Balaban J connectivity index is 3.18. The van der Waals surface area contributed by atoms with Crippen molar-refractivity contribution in [2.75, 3.05) is 19.3 Å². The smallest absolute Gasteiger partial charge is 0.243 e. The van der Waals surface area contributed by atoms with Crippen LogP contribution in [0.2, 0.25) is 0 Å². The Morgan fingerprint density at radius 2 is 2.19 bits per heavy atom. The molecular formula is C10H11FN2O2S. The molecule has 1 aromatic rings. The second kappa shape index (κ2) is 4.51. The predicted molar refractivity (Wildman–Crippen MR) is 59.5 cm³/mol. The molecule has 0 aliphatic carbocycles. The highest BCUT2D eigenvalue weighted by Crippen LogP contribution is 2.18. The molecule has 0 atom stereocenters. The van der Waals surface area contributed by atoms with E-state index in [4.69, 9.17) is 12.2 Å². The molecule has 1 aromatic carbocycles. The maximum Gasteiger partial charge on any atom is 0.243 e. The average Bonchev–Trinajstić information content (AvgIpc) is 2.22. The van der Waals surface area contributed by atoms with Crippen LogP contribution in [-0.4, -0.2) is 26.3 Å². The van der Waals surface area contributed by atoms with E-state index in [0.29, 0.717) is 0 Å². The Kier molecular flexibility index (Phi) is 3.52. The number of nitrogen functional groups attached to an aromatic ring is 1. The molecule has 6 heteroatoms. The Hall–Kier alpha value is -1.58. The zero-order valence-corrected chi connectivity index (χ0v) is 9.46. The molecule has 0 heterocycles. The van der Waals surface area contributed by atoms with Crippen LogP contribution in [0.15, 0.2) is 23.1 Å². The number of halogens is 1. The lowest BCUT2D eigenvalue weighted by molar-refractivity contribution is 0.502. The molecule has 1 rings (SSSR count). The van der Waals surface area contributed by atoms with Crippen molar-refractivity contribution in [3.05, 3.63) is 24.0 Å². The van der Waals surface area contributed by atoms with Crippen molar-refractivity contribution in [1.82, 2.24) is 4.31 Å². The maximum absolute atomic E-state index is 13.1. The molecule has 0 saturated carbocycles. The van der Waals surface area contributed by atoms with Gasteiger partial charge in [0.1, 0.15) is 5.82 Å². The van der Waals surface area contributed by atoms with Gasteiger partial charge in [0.15, 0.2) is 0 Å². The van der Waals surface area contributed by atoms with Crippen molar-refractivity contribution in [2.45, 2.75) is 4.90 Å². The molecule has 2 N–H and O–H groups in total. The van der Waals surface area contributed by atoms with Gasteiger partial charge in [-0.25, -0.2) is 12.8 Å². The summed E-state index contributed by atoms with van der Waals surface area (Å²) in [4.78, 5) is -0.169. The van der Waals surface area contributed by atoms with E-state index < -0.39 is 15.8 Å².